The van der Waals surface area contributed by atoms with E-state index in [1.165, 1.54) is 37.3 Å². The van der Waals surface area contributed by atoms with Crippen LogP contribution in [0.5, 0.6) is 0 Å². The average Bonchev–Trinajstić information content (AvgIpc) is 2.91. The van der Waals surface area contributed by atoms with Gasteiger partial charge in [-0.05, 0) is 0 Å². The quantitative estimate of drug-likeness (QED) is 0.374. The fourth-order valence-corrected chi connectivity index (χ4v) is 6.59. The maximum absolute atomic E-state index is 2.50. The first-order chi connectivity index (χ1) is 11.1. The van der Waals surface area contributed by atoms with Gasteiger partial charge in [-0.3, -0.25) is 0 Å². The van der Waals surface area contributed by atoms with Crippen molar-refractivity contribution in [3.05, 3.63) is 82.9 Å². The maximum atomic E-state index is 2.50. The van der Waals surface area contributed by atoms with Gasteiger partial charge in [0.2, 0.25) is 0 Å². The standard InChI is InChI=1S/C22H18Se/c1-22(2)18-9-5-3-7-14(18)11-15-12-21-17(13-19(15)22)16-8-4-6-10-20(16)23-21/h3-10,12-13H,11H2,1-2H3. The topological polar surface area (TPSA) is 0 Å². The molecule has 0 radical (unpaired) electrons. The molecule has 0 nitrogen and oxygen atoms in total. The van der Waals surface area contributed by atoms with Gasteiger partial charge in [0.05, 0.1) is 0 Å². The van der Waals surface area contributed by atoms with E-state index in [-0.39, 0.29) is 5.41 Å². The van der Waals surface area contributed by atoms with E-state index in [1.54, 1.807) is 4.26 Å². The molecule has 4 aromatic rings. The van der Waals surface area contributed by atoms with Crippen LogP contribution < -0.4 is 0 Å². The molecule has 1 heterocycles. The molecule has 0 saturated heterocycles. The van der Waals surface area contributed by atoms with Crippen LogP contribution in [-0.2, 0) is 11.8 Å². The Hall–Kier alpha value is -1.82. The van der Waals surface area contributed by atoms with Crippen LogP contribution in [0.4, 0.5) is 0 Å². The third-order valence-corrected chi connectivity index (χ3v) is 7.73. The zero-order chi connectivity index (χ0) is 15.6. The van der Waals surface area contributed by atoms with Crippen LogP contribution in [0, 0.1) is 0 Å². The molecular weight excluding hydrogens is 343 g/mol. The summed E-state index contributed by atoms with van der Waals surface area (Å²) in [5.74, 6) is 0. The van der Waals surface area contributed by atoms with E-state index in [4.69, 9.17) is 0 Å². The van der Waals surface area contributed by atoms with Crippen molar-refractivity contribution in [2.45, 2.75) is 25.7 Å². The molecule has 0 atom stereocenters. The summed E-state index contributed by atoms with van der Waals surface area (Å²) >= 11 is 0.460. The van der Waals surface area contributed by atoms with Gasteiger partial charge >= 0.3 is 142 Å². The summed E-state index contributed by atoms with van der Waals surface area (Å²) in [5.41, 5.74) is 6.12. The molecule has 5 rings (SSSR count). The molecule has 0 N–H and O–H groups in total. The molecule has 0 bridgehead atoms. The van der Waals surface area contributed by atoms with Crippen molar-refractivity contribution in [1.29, 1.82) is 0 Å². The van der Waals surface area contributed by atoms with Crippen LogP contribution >= 0.6 is 0 Å². The molecule has 3 aromatic carbocycles. The summed E-state index contributed by atoms with van der Waals surface area (Å²) in [6.07, 6.45) is 1.08. The van der Waals surface area contributed by atoms with Gasteiger partial charge in [-0.15, -0.1) is 0 Å². The predicted molar refractivity (Wildman–Crippen MR) is 99.8 cm³/mol. The summed E-state index contributed by atoms with van der Waals surface area (Å²) in [7, 11) is 0. The van der Waals surface area contributed by atoms with Crippen LogP contribution in [0.15, 0.2) is 60.7 Å². The first-order valence-corrected chi connectivity index (χ1v) is 9.89. The van der Waals surface area contributed by atoms with Gasteiger partial charge in [0.1, 0.15) is 0 Å². The second kappa shape index (κ2) is 4.60. The van der Waals surface area contributed by atoms with Gasteiger partial charge in [0.25, 0.3) is 0 Å². The molecule has 1 aliphatic rings. The molecule has 112 valence electrons. The molecule has 0 spiro atoms. The van der Waals surface area contributed by atoms with Gasteiger partial charge in [-0.25, -0.2) is 0 Å². The van der Waals surface area contributed by atoms with Crippen LogP contribution in [0.3, 0.4) is 0 Å². The van der Waals surface area contributed by atoms with Crippen molar-refractivity contribution in [3.63, 3.8) is 0 Å². The first kappa shape index (κ1) is 13.6. The normalized spacial score (nSPS) is 15.6. The fraction of sp³-hybridized carbons (Fsp3) is 0.182. The molecule has 1 heteroatoms. The van der Waals surface area contributed by atoms with E-state index in [0.717, 1.165) is 6.42 Å². The van der Waals surface area contributed by atoms with Gasteiger partial charge in [-0.1, -0.05) is 0 Å². The fourth-order valence-electron chi connectivity index (χ4n) is 4.18. The zero-order valence-electron chi connectivity index (χ0n) is 13.4. The molecule has 0 saturated carbocycles. The van der Waals surface area contributed by atoms with Crippen LogP contribution in [-0.4, -0.2) is 14.5 Å². The van der Waals surface area contributed by atoms with Crippen LogP contribution in [0.25, 0.3) is 19.3 Å². The van der Waals surface area contributed by atoms with Gasteiger partial charge in [0.15, 0.2) is 0 Å². The summed E-state index contributed by atoms with van der Waals surface area (Å²) < 4.78 is 3.10. The molecule has 0 unspecified atom stereocenters. The van der Waals surface area contributed by atoms with Gasteiger partial charge < -0.3 is 0 Å². The van der Waals surface area contributed by atoms with E-state index in [1.807, 2.05) is 0 Å². The number of hydrogen-bond donors (Lipinski definition) is 0. The summed E-state index contributed by atoms with van der Waals surface area (Å²) in [4.78, 5) is 0. The Labute approximate surface area is 142 Å². The van der Waals surface area contributed by atoms with Crippen molar-refractivity contribution in [2.24, 2.45) is 0 Å². The molecular formula is C22H18Se. The Bertz CT molecular complexity index is 1070. The minimum atomic E-state index is 0.0870. The summed E-state index contributed by atoms with van der Waals surface area (Å²) in [5, 5.41) is 2.94. The molecule has 1 aromatic heterocycles. The Morgan fingerprint density at radius 2 is 1.52 bits per heavy atom. The molecule has 0 aliphatic heterocycles. The Morgan fingerprint density at radius 3 is 2.43 bits per heavy atom. The van der Waals surface area contributed by atoms with Crippen molar-refractivity contribution >= 4 is 33.8 Å². The van der Waals surface area contributed by atoms with Gasteiger partial charge in [0, 0.05) is 0 Å². The van der Waals surface area contributed by atoms with Crippen molar-refractivity contribution in [3.8, 4) is 0 Å². The van der Waals surface area contributed by atoms with Crippen LogP contribution in [0.2, 0.25) is 0 Å². The number of benzene rings is 3. The van der Waals surface area contributed by atoms with Crippen LogP contribution in [0.1, 0.15) is 36.1 Å². The van der Waals surface area contributed by atoms with E-state index in [2.05, 4.69) is 74.5 Å². The Kier molecular flexibility index (Phi) is 2.72. The average molecular weight is 361 g/mol. The number of hydrogen-bond acceptors (Lipinski definition) is 0. The molecule has 0 amide bonds. The van der Waals surface area contributed by atoms with E-state index < -0.39 is 0 Å². The zero-order valence-corrected chi connectivity index (χ0v) is 15.1. The second-order valence-electron chi connectivity index (χ2n) is 7.06. The van der Waals surface area contributed by atoms with E-state index in [0.29, 0.717) is 14.5 Å². The predicted octanol–water partition coefficient (Wildman–Crippen LogP) is 5.28. The third kappa shape index (κ3) is 1.84. The van der Waals surface area contributed by atoms with Crippen molar-refractivity contribution in [2.75, 3.05) is 0 Å². The monoisotopic (exact) mass is 362 g/mol. The SMILES string of the molecule is CC1(C)c2ccccc2Cc2cc3[se]c4ccccc4c3cc21. The van der Waals surface area contributed by atoms with Crippen molar-refractivity contribution in [1.82, 2.24) is 0 Å². The molecule has 23 heavy (non-hydrogen) atoms. The minimum absolute atomic E-state index is 0.0870. The first-order valence-electron chi connectivity index (χ1n) is 8.17. The van der Waals surface area contributed by atoms with Crippen molar-refractivity contribution < 1.29 is 0 Å². The summed E-state index contributed by atoms with van der Waals surface area (Å²) in [6, 6.07) is 22.9. The van der Waals surface area contributed by atoms with E-state index >= 15 is 0 Å². The molecule has 1 aliphatic carbocycles. The number of rotatable bonds is 0. The summed E-state index contributed by atoms with van der Waals surface area (Å²) in [6.45, 7) is 4.75. The Balaban J connectivity index is 1.86. The Morgan fingerprint density at radius 1 is 0.739 bits per heavy atom. The second-order valence-corrected chi connectivity index (χ2v) is 9.34. The van der Waals surface area contributed by atoms with E-state index in [9.17, 15) is 0 Å². The van der Waals surface area contributed by atoms with Gasteiger partial charge in [-0.2, -0.15) is 0 Å². The third-order valence-electron chi connectivity index (χ3n) is 5.35. The molecule has 0 fully saturated rings. The number of fused-ring (bicyclic) bond motifs is 5.